The van der Waals surface area contributed by atoms with Crippen molar-refractivity contribution in [1.29, 1.82) is 5.26 Å². The average molecular weight is 229 g/mol. The van der Waals surface area contributed by atoms with Crippen LogP contribution in [0, 0.1) is 11.3 Å². The summed E-state index contributed by atoms with van der Waals surface area (Å²) in [5.74, 6) is 0. The lowest BCUT2D eigenvalue weighted by Gasteiger charge is -2.32. The normalized spacial score (nSPS) is 21.0. The molecule has 0 amide bonds. The third-order valence-electron chi connectivity index (χ3n) is 3.22. The SMILES string of the molecule is N#CCNC1CCCN(Cc2ccccc2)C1. The smallest absolute Gasteiger partial charge is 0.0843 e. The Morgan fingerprint density at radius 1 is 1.35 bits per heavy atom. The molecule has 0 aromatic heterocycles. The van der Waals surface area contributed by atoms with Gasteiger partial charge >= 0.3 is 0 Å². The standard InChI is InChI=1S/C14H19N3/c15-8-9-16-14-7-4-10-17(12-14)11-13-5-2-1-3-6-13/h1-3,5-6,14,16H,4,7,9-12H2. The number of benzene rings is 1. The molecule has 1 unspecified atom stereocenters. The third kappa shape index (κ3) is 3.85. The van der Waals surface area contributed by atoms with Crippen molar-refractivity contribution < 1.29 is 0 Å². The molecular formula is C14H19N3. The van der Waals surface area contributed by atoms with Crippen molar-refractivity contribution in [3.05, 3.63) is 35.9 Å². The van der Waals surface area contributed by atoms with Crippen LogP contribution in [0.2, 0.25) is 0 Å². The summed E-state index contributed by atoms with van der Waals surface area (Å²) in [7, 11) is 0. The molecule has 1 aromatic rings. The Labute approximate surface area is 103 Å². The summed E-state index contributed by atoms with van der Waals surface area (Å²) in [5, 5.41) is 11.9. The first kappa shape index (κ1) is 12.1. The first-order valence-corrected chi connectivity index (χ1v) is 6.25. The lowest BCUT2D eigenvalue weighted by atomic mass is 10.0. The molecular weight excluding hydrogens is 210 g/mol. The minimum atomic E-state index is 0.462. The number of piperidine rings is 1. The van der Waals surface area contributed by atoms with Crippen molar-refractivity contribution in [1.82, 2.24) is 10.2 Å². The molecule has 0 aliphatic carbocycles. The zero-order chi connectivity index (χ0) is 11.9. The Balaban J connectivity index is 1.83. The van der Waals surface area contributed by atoms with E-state index < -0.39 is 0 Å². The zero-order valence-corrected chi connectivity index (χ0v) is 10.1. The van der Waals surface area contributed by atoms with E-state index in [1.807, 2.05) is 0 Å². The van der Waals surface area contributed by atoms with Crippen LogP contribution in [0.15, 0.2) is 30.3 Å². The van der Waals surface area contributed by atoms with Gasteiger partial charge in [-0.15, -0.1) is 0 Å². The van der Waals surface area contributed by atoms with E-state index >= 15 is 0 Å². The topological polar surface area (TPSA) is 39.1 Å². The summed E-state index contributed by atoms with van der Waals surface area (Å²) in [6.07, 6.45) is 2.41. The summed E-state index contributed by atoms with van der Waals surface area (Å²) < 4.78 is 0. The average Bonchev–Trinajstić information content (AvgIpc) is 2.38. The highest BCUT2D eigenvalue weighted by atomic mass is 15.2. The van der Waals surface area contributed by atoms with Gasteiger partial charge < -0.3 is 5.32 Å². The number of hydrogen-bond donors (Lipinski definition) is 1. The Morgan fingerprint density at radius 2 is 2.18 bits per heavy atom. The molecule has 2 rings (SSSR count). The number of nitrogens with one attached hydrogen (secondary N) is 1. The van der Waals surface area contributed by atoms with Crippen LogP contribution >= 0.6 is 0 Å². The summed E-state index contributed by atoms with van der Waals surface area (Å²) in [4.78, 5) is 2.47. The van der Waals surface area contributed by atoms with Gasteiger partial charge in [-0.2, -0.15) is 5.26 Å². The number of hydrogen-bond acceptors (Lipinski definition) is 3. The molecule has 1 fully saturated rings. The minimum Gasteiger partial charge on any atom is -0.300 e. The summed E-state index contributed by atoms with van der Waals surface area (Å²) >= 11 is 0. The van der Waals surface area contributed by atoms with Crippen molar-refractivity contribution in [2.75, 3.05) is 19.6 Å². The van der Waals surface area contributed by atoms with Crippen LogP contribution in [-0.4, -0.2) is 30.6 Å². The van der Waals surface area contributed by atoms with E-state index in [2.05, 4.69) is 46.6 Å². The summed E-state index contributed by atoms with van der Waals surface area (Å²) in [5.41, 5.74) is 1.37. The fourth-order valence-corrected chi connectivity index (χ4v) is 2.40. The van der Waals surface area contributed by atoms with E-state index in [9.17, 15) is 0 Å². The molecule has 3 heteroatoms. The first-order valence-electron chi connectivity index (χ1n) is 6.25. The quantitative estimate of drug-likeness (QED) is 0.800. The van der Waals surface area contributed by atoms with E-state index in [4.69, 9.17) is 5.26 Å². The highest BCUT2D eigenvalue weighted by Gasteiger charge is 2.18. The van der Waals surface area contributed by atoms with Gasteiger partial charge in [0.15, 0.2) is 0 Å². The van der Waals surface area contributed by atoms with Gasteiger partial charge in [-0.05, 0) is 24.9 Å². The van der Waals surface area contributed by atoms with Crippen molar-refractivity contribution >= 4 is 0 Å². The third-order valence-corrected chi connectivity index (χ3v) is 3.22. The second kappa shape index (κ2) is 6.39. The highest BCUT2D eigenvalue weighted by molar-refractivity contribution is 5.14. The predicted molar refractivity (Wildman–Crippen MR) is 68.4 cm³/mol. The number of rotatable bonds is 4. The van der Waals surface area contributed by atoms with Crippen LogP contribution in [0.1, 0.15) is 18.4 Å². The Bertz CT molecular complexity index is 369. The van der Waals surface area contributed by atoms with E-state index in [0.29, 0.717) is 12.6 Å². The van der Waals surface area contributed by atoms with Crippen molar-refractivity contribution in [3.8, 4) is 6.07 Å². The molecule has 0 spiro atoms. The van der Waals surface area contributed by atoms with Gasteiger partial charge in [0, 0.05) is 19.1 Å². The molecule has 0 radical (unpaired) electrons. The number of nitrogens with zero attached hydrogens (tertiary/aromatic N) is 2. The fourth-order valence-electron chi connectivity index (χ4n) is 2.40. The summed E-state index contributed by atoms with van der Waals surface area (Å²) in [6.45, 7) is 3.70. The lowest BCUT2D eigenvalue weighted by molar-refractivity contribution is 0.186. The lowest BCUT2D eigenvalue weighted by Crippen LogP contribution is -2.45. The first-order chi connectivity index (χ1) is 8.38. The van der Waals surface area contributed by atoms with E-state index in [1.165, 1.54) is 24.9 Å². The van der Waals surface area contributed by atoms with Crippen LogP contribution < -0.4 is 5.32 Å². The predicted octanol–water partition coefficient (Wildman–Crippen LogP) is 1.76. The zero-order valence-electron chi connectivity index (χ0n) is 10.1. The van der Waals surface area contributed by atoms with E-state index in [-0.39, 0.29) is 0 Å². The Hall–Kier alpha value is -1.37. The molecule has 0 saturated carbocycles. The Morgan fingerprint density at radius 3 is 2.94 bits per heavy atom. The number of nitriles is 1. The van der Waals surface area contributed by atoms with Crippen molar-refractivity contribution in [2.24, 2.45) is 0 Å². The molecule has 17 heavy (non-hydrogen) atoms. The molecule has 1 N–H and O–H groups in total. The molecule has 1 aliphatic rings. The fraction of sp³-hybridized carbons (Fsp3) is 0.500. The molecule has 1 aromatic carbocycles. The van der Waals surface area contributed by atoms with E-state index in [0.717, 1.165) is 13.1 Å². The van der Waals surface area contributed by atoms with Gasteiger partial charge in [0.25, 0.3) is 0 Å². The maximum absolute atomic E-state index is 8.57. The van der Waals surface area contributed by atoms with Crippen LogP contribution in [0.4, 0.5) is 0 Å². The highest BCUT2D eigenvalue weighted by Crippen LogP contribution is 2.13. The van der Waals surface area contributed by atoms with Crippen LogP contribution in [-0.2, 0) is 6.54 Å². The van der Waals surface area contributed by atoms with Crippen molar-refractivity contribution in [2.45, 2.75) is 25.4 Å². The van der Waals surface area contributed by atoms with Crippen LogP contribution in [0.5, 0.6) is 0 Å². The molecule has 0 bridgehead atoms. The van der Waals surface area contributed by atoms with Crippen LogP contribution in [0.3, 0.4) is 0 Å². The van der Waals surface area contributed by atoms with Crippen LogP contribution in [0.25, 0.3) is 0 Å². The maximum atomic E-state index is 8.57. The van der Waals surface area contributed by atoms with Gasteiger partial charge in [-0.25, -0.2) is 0 Å². The van der Waals surface area contributed by atoms with Gasteiger partial charge in [-0.3, -0.25) is 4.90 Å². The molecule has 3 nitrogen and oxygen atoms in total. The number of likely N-dealkylation sites (tertiary alicyclic amines) is 1. The molecule has 1 aliphatic heterocycles. The second-order valence-corrected chi connectivity index (χ2v) is 4.60. The van der Waals surface area contributed by atoms with Gasteiger partial charge in [0.05, 0.1) is 12.6 Å². The molecule has 1 atom stereocenters. The minimum absolute atomic E-state index is 0.462. The van der Waals surface area contributed by atoms with E-state index in [1.54, 1.807) is 0 Å². The second-order valence-electron chi connectivity index (χ2n) is 4.60. The van der Waals surface area contributed by atoms with Gasteiger partial charge in [-0.1, -0.05) is 30.3 Å². The summed E-state index contributed by atoms with van der Waals surface area (Å²) in [6, 6.07) is 13.2. The largest absolute Gasteiger partial charge is 0.300 e. The Kier molecular flexibility index (Phi) is 4.54. The van der Waals surface area contributed by atoms with Gasteiger partial charge in [0.1, 0.15) is 0 Å². The molecule has 90 valence electrons. The van der Waals surface area contributed by atoms with Gasteiger partial charge in [0.2, 0.25) is 0 Å². The molecule has 1 saturated heterocycles. The van der Waals surface area contributed by atoms with Crippen molar-refractivity contribution in [3.63, 3.8) is 0 Å². The molecule has 1 heterocycles. The maximum Gasteiger partial charge on any atom is 0.0843 e. The monoisotopic (exact) mass is 229 g/mol.